The highest BCUT2D eigenvalue weighted by atomic mass is 32.1. The molecule has 0 amide bonds. The van der Waals surface area contributed by atoms with Crippen LogP contribution >= 0.6 is 11.3 Å². The Balaban J connectivity index is 2.49. The summed E-state index contributed by atoms with van der Waals surface area (Å²) in [4.78, 5) is 9.84. The second-order valence-corrected chi connectivity index (χ2v) is 4.31. The molecule has 14 heavy (non-hydrogen) atoms. The third-order valence-corrected chi connectivity index (χ3v) is 2.95. The second-order valence-electron chi connectivity index (χ2n) is 3.11. The van der Waals surface area contributed by atoms with Gasteiger partial charge in [-0.1, -0.05) is 6.92 Å². The monoisotopic (exact) mass is 208 g/mol. The molecule has 0 aliphatic heterocycles. The number of thiazole rings is 1. The van der Waals surface area contributed by atoms with Crippen molar-refractivity contribution in [2.45, 2.75) is 27.2 Å². The first-order valence-corrected chi connectivity index (χ1v) is 5.38. The zero-order chi connectivity index (χ0) is 10.1. The number of nitrogens with one attached hydrogen (secondary N) is 1. The molecule has 5 heteroatoms. The van der Waals surface area contributed by atoms with Crippen molar-refractivity contribution in [3.8, 4) is 10.7 Å². The molecular formula is C9H12N4S. The number of hydrogen-bond acceptors (Lipinski definition) is 4. The summed E-state index contributed by atoms with van der Waals surface area (Å²) in [5.41, 5.74) is 1.09. The van der Waals surface area contributed by atoms with Crippen molar-refractivity contribution in [3.05, 3.63) is 16.5 Å². The summed E-state index contributed by atoms with van der Waals surface area (Å²) in [6.07, 6.45) is 0.924. The smallest absolute Gasteiger partial charge is 0.193 e. The zero-order valence-electron chi connectivity index (χ0n) is 8.46. The molecule has 4 nitrogen and oxygen atoms in total. The van der Waals surface area contributed by atoms with Gasteiger partial charge >= 0.3 is 0 Å². The minimum Gasteiger partial charge on any atom is -0.263 e. The van der Waals surface area contributed by atoms with E-state index in [9.17, 15) is 0 Å². The molecule has 0 atom stereocenters. The van der Waals surface area contributed by atoms with Crippen molar-refractivity contribution >= 4 is 11.3 Å². The molecule has 0 fully saturated rings. The molecule has 2 rings (SSSR count). The summed E-state index contributed by atoms with van der Waals surface area (Å²) in [6.45, 7) is 6.00. The Hall–Kier alpha value is -1.23. The van der Waals surface area contributed by atoms with Gasteiger partial charge in [-0.2, -0.15) is 5.10 Å². The van der Waals surface area contributed by atoms with Gasteiger partial charge in [-0.25, -0.2) is 9.97 Å². The van der Waals surface area contributed by atoms with Gasteiger partial charge in [0.2, 0.25) is 0 Å². The molecule has 0 spiro atoms. The highest BCUT2D eigenvalue weighted by Gasteiger charge is 2.13. The van der Waals surface area contributed by atoms with Crippen LogP contribution in [0.4, 0.5) is 0 Å². The maximum atomic E-state index is 4.44. The summed E-state index contributed by atoms with van der Waals surface area (Å²) in [5, 5.41) is 8.06. The second kappa shape index (κ2) is 3.49. The fraction of sp³-hybridized carbons (Fsp3) is 0.444. The molecule has 0 aliphatic carbocycles. The number of aromatic nitrogens is 4. The molecule has 0 saturated carbocycles. The van der Waals surface area contributed by atoms with Gasteiger partial charge in [0.05, 0.1) is 15.6 Å². The van der Waals surface area contributed by atoms with Crippen LogP contribution in [0.5, 0.6) is 0 Å². The summed E-state index contributed by atoms with van der Waals surface area (Å²) in [7, 11) is 0. The van der Waals surface area contributed by atoms with Crippen LogP contribution in [-0.4, -0.2) is 20.2 Å². The minimum absolute atomic E-state index is 0.768. The summed E-state index contributed by atoms with van der Waals surface area (Å²) in [5.74, 6) is 1.61. The van der Waals surface area contributed by atoms with Crippen LogP contribution in [-0.2, 0) is 6.42 Å². The van der Waals surface area contributed by atoms with Crippen LogP contribution in [0.15, 0.2) is 0 Å². The van der Waals surface area contributed by atoms with Crippen LogP contribution < -0.4 is 0 Å². The van der Waals surface area contributed by atoms with E-state index < -0.39 is 0 Å². The number of aromatic amines is 1. The Kier molecular flexibility index (Phi) is 2.33. The fourth-order valence-corrected chi connectivity index (χ4v) is 2.27. The molecule has 0 radical (unpaired) electrons. The van der Waals surface area contributed by atoms with E-state index in [1.807, 2.05) is 13.8 Å². The largest absolute Gasteiger partial charge is 0.263 e. The molecule has 0 unspecified atom stereocenters. The lowest BCUT2D eigenvalue weighted by molar-refractivity contribution is 1.03. The van der Waals surface area contributed by atoms with Crippen LogP contribution in [0.1, 0.15) is 23.4 Å². The van der Waals surface area contributed by atoms with E-state index in [0.717, 1.165) is 33.6 Å². The van der Waals surface area contributed by atoms with E-state index in [-0.39, 0.29) is 0 Å². The Labute approximate surface area is 86.4 Å². The van der Waals surface area contributed by atoms with Crippen molar-refractivity contribution in [2.24, 2.45) is 0 Å². The lowest BCUT2D eigenvalue weighted by Crippen LogP contribution is -1.85. The highest BCUT2D eigenvalue weighted by molar-refractivity contribution is 7.15. The van der Waals surface area contributed by atoms with Crippen molar-refractivity contribution in [2.75, 3.05) is 0 Å². The quantitative estimate of drug-likeness (QED) is 0.822. The first-order valence-electron chi connectivity index (χ1n) is 4.56. The molecule has 0 bridgehead atoms. The Morgan fingerprint density at radius 1 is 1.29 bits per heavy atom. The zero-order valence-corrected chi connectivity index (χ0v) is 9.27. The van der Waals surface area contributed by atoms with Gasteiger partial charge < -0.3 is 0 Å². The fourth-order valence-electron chi connectivity index (χ4n) is 1.33. The maximum absolute atomic E-state index is 4.44. The van der Waals surface area contributed by atoms with Gasteiger partial charge in [0.15, 0.2) is 5.82 Å². The van der Waals surface area contributed by atoms with E-state index in [1.54, 1.807) is 11.3 Å². The molecule has 2 aromatic rings. The molecule has 1 N–H and O–H groups in total. The lowest BCUT2D eigenvalue weighted by Gasteiger charge is -1.91. The third-order valence-electron chi connectivity index (χ3n) is 1.94. The van der Waals surface area contributed by atoms with E-state index >= 15 is 0 Å². The predicted octanol–water partition coefficient (Wildman–Crippen LogP) is 2.11. The average molecular weight is 208 g/mol. The van der Waals surface area contributed by atoms with Crippen LogP contribution in [0.25, 0.3) is 10.7 Å². The molecule has 74 valence electrons. The summed E-state index contributed by atoms with van der Waals surface area (Å²) < 4.78 is 0. The van der Waals surface area contributed by atoms with Crippen LogP contribution in [0.2, 0.25) is 0 Å². The normalized spacial score (nSPS) is 10.8. The van der Waals surface area contributed by atoms with Crippen LogP contribution in [0.3, 0.4) is 0 Å². The Morgan fingerprint density at radius 3 is 2.64 bits per heavy atom. The van der Waals surface area contributed by atoms with Crippen molar-refractivity contribution < 1.29 is 0 Å². The SMILES string of the molecule is CCc1nc(C)sc1-c1n[nH]c(C)n1. The third kappa shape index (κ3) is 1.55. The van der Waals surface area contributed by atoms with Crippen molar-refractivity contribution in [1.82, 2.24) is 20.2 Å². The number of hydrogen-bond donors (Lipinski definition) is 1. The number of aryl methyl sites for hydroxylation is 3. The molecule has 0 aromatic carbocycles. The summed E-state index contributed by atoms with van der Waals surface area (Å²) in [6, 6.07) is 0. The first-order chi connectivity index (χ1) is 6.70. The average Bonchev–Trinajstić information content (AvgIpc) is 2.71. The predicted molar refractivity (Wildman–Crippen MR) is 56.3 cm³/mol. The Bertz CT molecular complexity index is 443. The van der Waals surface area contributed by atoms with Gasteiger partial charge in [0, 0.05) is 0 Å². The molecule has 0 saturated heterocycles. The molecule has 2 aromatic heterocycles. The molecule has 0 aliphatic rings. The number of rotatable bonds is 2. The standard InChI is InChI=1S/C9H12N4S/c1-4-7-8(14-6(3)11-7)9-10-5(2)12-13-9/h4H2,1-3H3,(H,10,12,13). The highest BCUT2D eigenvalue weighted by Crippen LogP contribution is 2.27. The van der Waals surface area contributed by atoms with Gasteiger partial charge in [-0.15, -0.1) is 11.3 Å². The molecular weight excluding hydrogens is 196 g/mol. The maximum Gasteiger partial charge on any atom is 0.193 e. The first kappa shape index (κ1) is 9.33. The van der Waals surface area contributed by atoms with E-state index in [1.165, 1.54) is 0 Å². The minimum atomic E-state index is 0.768. The van der Waals surface area contributed by atoms with E-state index in [0.29, 0.717) is 0 Å². The van der Waals surface area contributed by atoms with Crippen molar-refractivity contribution in [3.63, 3.8) is 0 Å². The van der Waals surface area contributed by atoms with Crippen molar-refractivity contribution in [1.29, 1.82) is 0 Å². The number of nitrogens with zero attached hydrogens (tertiary/aromatic N) is 3. The van der Waals surface area contributed by atoms with Gasteiger partial charge in [-0.05, 0) is 20.3 Å². The molecule has 2 heterocycles. The topological polar surface area (TPSA) is 54.5 Å². The Morgan fingerprint density at radius 2 is 2.07 bits per heavy atom. The van der Waals surface area contributed by atoms with E-state index in [2.05, 4.69) is 27.1 Å². The van der Waals surface area contributed by atoms with Crippen LogP contribution in [0, 0.1) is 13.8 Å². The van der Waals surface area contributed by atoms with Gasteiger partial charge in [0.1, 0.15) is 5.82 Å². The summed E-state index contributed by atoms with van der Waals surface area (Å²) >= 11 is 1.65. The van der Waals surface area contributed by atoms with Gasteiger partial charge in [0.25, 0.3) is 0 Å². The van der Waals surface area contributed by atoms with E-state index in [4.69, 9.17) is 0 Å². The lowest BCUT2D eigenvalue weighted by atomic mass is 10.3. The number of H-pyrrole nitrogens is 1. The van der Waals surface area contributed by atoms with Gasteiger partial charge in [-0.3, -0.25) is 5.10 Å².